The van der Waals surface area contributed by atoms with Crippen molar-refractivity contribution in [3.63, 3.8) is 0 Å². The minimum atomic E-state index is -0.811. The average molecular weight is 380 g/mol. The Bertz CT molecular complexity index is 786. The number of primary amides is 1. The minimum Gasteiger partial charge on any atom is -0.508 e. The molecule has 26 heavy (non-hydrogen) atoms. The molecule has 10 N–H and O–H groups in total. The van der Waals surface area contributed by atoms with Gasteiger partial charge in [-0.1, -0.05) is 37.1 Å². The number of phenolic OH excluding ortho intramolecular Hbond substituents is 1. The van der Waals surface area contributed by atoms with Gasteiger partial charge in [-0.25, -0.2) is 9.89 Å². The van der Waals surface area contributed by atoms with Crippen LogP contribution in [0, 0.1) is 0 Å². The van der Waals surface area contributed by atoms with Crippen molar-refractivity contribution in [1.29, 1.82) is 0 Å². The second kappa shape index (κ2) is 7.87. The van der Waals surface area contributed by atoms with Gasteiger partial charge in [0.25, 0.3) is 5.91 Å². The number of nitrogens with one attached hydrogen (secondary N) is 1. The molecular formula is C16H22ClN7O2. The highest BCUT2D eigenvalue weighted by Crippen LogP contribution is 2.26. The highest BCUT2D eigenvalue weighted by atomic mass is 35.5. The summed E-state index contributed by atoms with van der Waals surface area (Å²) in [5, 5.41) is 12.0. The van der Waals surface area contributed by atoms with Crippen LogP contribution in [-0.2, 0) is 4.79 Å². The van der Waals surface area contributed by atoms with Crippen molar-refractivity contribution in [2.75, 3.05) is 0 Å². The Hall–Kier alpha value is -3.07. The number of aromatic hydroxyl groups is 1. The van der Waals surface area contributed by atoms with Gasteiger partial charge in [0, 0.05) is 0 Å². The molecule has 9 nitrogen and oxygen atoms in total. The molecule has 1 aliphatic rings. The lowest BCUT2D eigenvalue weighted by molar-refractivity contribution is -0.115. The van der Waals surface area contributed by atoms with E-state index in [2.05, 4.69) is 10.3 Å². The number of hydrogen-bond donors (Lipinski definition) is 6. The number of carbonyl (C=O) groups is 1. The maximum atomic E-state index is 11.5. The maximum absolute atomic E-state index is 11.5. The standard InChI is InChI=1S/C16H22ClN7O2/c1-2-3-10(8-4-6-9(25)7-5-8)22-16(21)24-13(18)11(15(20)26)23-12(17)14(24)19/h4-7,10,23,25H,2-3,18-19H2,1H3,(H2,20,26)(H2,21,22). The minimum absolute atomic E-state index is 0.00336. The zero-order chi connectivity index (χ0) is 19.4. The summed E-state index contributed by atoms with van der Waals surface area (Å²) < 4.78 is 0. The first-order valence-corrected chi connectivity index (χ1v) is 8.28. The summed E-state index contributed by atoms with van der Waals surface area (Å²) in [4.78, 5) is 17.2. The largest absolute Gasteiger partial charge is 0.508 e. The normalized spacial score (nSPS) is 16.5. The van der Waals surface area contributed by atoms with Crippen molar-refractivity contribution >= 4 is 23.5 Å². The van der Waals surface area contributed by atoms with Gasteiger partial charge in [-0.2, -0.15) is 0 Å². The molecule has 0 saturated heterocycles. The van der Waals surface area contributed by atoms with Crippen LogP contribution in [0.2, 0.25) is 0 Å². The number of nitrogens with two attached hydrogens (primary N) is 4. The molecule has 0 saturated carbocycles. The molecule has 140 valence electrons. The van der Waals surface area contributed by atoms with Gasteiger partial charge >= 0.3 is 0 Å². The van der Waals surface area contributed by atoms with Crippen LogP contribution in [0.5, 0.6) is 5.75 Å². The van der Waals surface area contributed by atoms with E-state index in [4.69, 9.17) is 34.5 Å². The Morgan fingerprint density at radius 1 is 1.27 bits per heavy atom. The van der Waals surface area contributed by atoms with E-state index < -0.39 is 5.91 Å². The molecule has 2 rings (SSSR count). The molecule has 0 fully saturated rings. The molecule has 1 heterocycles. The number of hydrogen-bond acceptors (Lipinski definition) is 6. The first-order chi connectivity index (χ1) is 12.3. The fourth-order valence-corrected chi connectivity index (χ4v) is 2.68. The third kappa shape index (κ3) is 3.94. The number of halogens is 1. The van der Waals surface area contributed by atoms with E-state index in [0.29, 0.717) is 6.42 Å². The summed E-state index contributed by atoms with van der Waals surface area (Å²) in [5.74, 6) is -0.794. The molecule has 0 aromatic heterocycles. The number of carbonyl (C=O) groups excluding carboxylic acids is 1. The average Bonchev–Trinajstić information content (AvgIpc) is 2.58. The van der Waals surface area contributed by atoms with E-state index in [9.17, 15) is 9.90 Å². The van der Waals surface area contributed by atoms with Crippen molar-refractivity contribution in [2.45, 2.75) is 25.8 Å². The number of benzene rings is 1. The molecule has 1 atom stereocenters. The molecule has 1 aromatic carbocycles. The molecule has 0 radical (unpaired) electrons. The van der Waals surface area contributed by atoms with E-state index in [-0.39, 0.29) is 40.2 Å². The van der Waals surface area contributed by atoms with Crippen LogP contribution < -0.4 is 28.3 Å². The molecule has 0 bridgehead atoms. The predicted octanol–water partition coefficient (Wildman–Crippen LogP) is 0.391. The van der Waals surface area contributed by atoms with Crippen LogP contribution in [0.15, 0.2) is 51.8 Å². The molecule has 0 aliphatic carbocycles. The first-order valence-electron chi connectivity index (χ1n) is 7.90. The summed E-state index contributed by atoms with van der Waals surface area (Å²) in [5.41, 5.74) is 24.0. The quantitative estimate of drug-likeness (QED) is 0.244. The van der Waals surface area contributed by atoms with Gasteiger partial charge < -0.3 is 33.4 Å². The first kappa shape index (κ1) is 19.3. The van der Waals surface area contributed by atoms with E-state index in [1.807, 2.05) is 6.92 Å². The molecule has 1 aliphatic heterocycles. The van der Waals surface area contributed by atoms with Crippen LogP contribution in [0.1, 0.15) is 31.4 Å². The van der Waals surface area contributed by atoms with Crippen molar-refractivity contribution in [2.24, 2.45) is 27.9 Å². The fourth-order valence-electron chi connectivity index (χ4n) is 2.51. The SMILES string of the molecule is CCCC(N=C(N)N1C(N)=C(Cl)NC(C(N)=O)=C1N)c1ccc(O)cc1. The number of aliphatic imine (C=N–C) groups is 1. The Balaban J connectivity index is 2.44. The zero-order valence-electron chi connectivity index (χ0n) is 14.2. The lowest BCUT2D eigenvalue weighted by atomic mass is 10.0. The van der Waals surface area contributed by atoms with E-state index >= 15 is 0 Å². The van der Waals surface area contributed by atoms with E-state index in [1.165, 1.54) is 4.90 Å². The smallest absolute Gasteiger partial charge is 0.268 e. The number of phenols is 1. The van der Waals surface area contributed by atoms with Gasteiger partial charge in [0.2, 0.25) is 5.96 Å². The third-order valence-electron chi connectivity index (χ3n) is 3.80. The highest BCUT2D eigenvalue weighted by Gasteiger charge is 2.29. The van der Waals surface area contributed by atoms with Gasteiger partial charge in [0.1, 0.15) is 28.2 Å². The van der Waals surface area contributed by atoms with Crippen LogP contribution in [-0.4, -0.2) is 21.9 Å². The van der Waals surface area contributed by atoms with E-state index in [0.717, 1.165) is 12.0 Å². The zero-order valence-corrected chi connectivity index (χ0v) is 15.0. The van der Waals surface area contributed by atoms with Gasteiger partial charge in [-0.05, 0) is 24.1 Å². The third-order valence-corrected chi connectivity index (χ3v) is 4.09. The lowest BCUT2D eigenvalue weighted by Gasteiger charge is -2.31. The number of amides is 1. The Morgan fingerprint density at radius 2 is 1.88 bits per heavy atom. The number of rotatable bonds is 5. The summed E-state index contributed by atoms with van der Waals surface area (Å²) >= 11 is 6.01. The summed E-state index contributed by atoms with van der Waals surface area (Å²) in [6.07, 6.45) is 1.54. The van der Waals surface area contributed by atoms with Crippen molar-refractivity contribution in [3.8, 4) is 5.75 Å². The predicted molar refractivity (Wildman–Crippen MR) is 99.8 cm³/mol. The van der Waals surface area contributed by atoms with Crippen molar-refractivity contribution in [1.82, 2.24) is 10.2 Å². The van der Waals surface area contributed by atoms with Crippen molar-refractivity contribution < 1.29 is 9.90 Å². The monoisotopic (exact) mass is 379 g/mol. The van der Waals surface area contributed by atoms with Crippen LogP contribution in [0.3, 0.4) is 0 Å². The van der Waals surface area contributed by atoms with Crippen LogP contribution >= 0.6 is 11.6 Å². The number of nitrogens with zero attached hydrogens (tertiary/aromatic N) is 2. The maximum Gasteiger partial charge on any atom is 0.268 e. The fraction of sp³-hybridized carbons (Fsp3) is 0.250. The second-order valence-corrected chi connectivity index (χ2v) is 6.05. The van der Waals surface area contributed by atoms with Crippen molar-refractivity contribution in [3.05, 3.63) is 52.3 Å². The second-order valence-electron chi connectivity index (χ2n) is 5.67. The van der Waals surface area contributed by atoms with Gasteiger partial charge in [0.15, 0.2) is 0 Å². The Kier molecular flexibility index (Phi) is 5.83. The van der Waals surface area contributed by atoms with Gasteiger partial charge in [-0.3, -0.25) is 4.79 Å². The van der Waals surface area contributed by atoms with Crippen LogP contribution in [0.4, 0.5) is 0 Å². The number of guanidine groups is 1. The molecule has 0 spiro atoms. The van der Waals surface area contributed by atoms with Gasteiger partial charge in [-0.15, -0.1) is 0 Å². The Labute approximate surface area is 156 Å². The molecule has 1 aromatic rings. The van der Waals surface area contributed by atoms with Crippen LogP contribution in [0.25, 0.3) is 0 Å². The molecule has 1 amide bonds. The van der Waals surface area contributed by atoms with Gasteiger partial charge in [0.05, 0.1) is 6.04 Å². The highest BCUT2D eigenvalue weighted by molar-refractivity contribution is 6.30. The molecule has 10 heteroatoms. The summed E-state index contributed by atoms with van der Waals surface area (Å²) in [7, 11) is 0. The Morgan fingerprint density at radius 3 is 2.42 bits per heavy atom. The summed E-state index contributed by atoms with van der Waals surface area (Å²) in [6, 6.07) is 6.35. The lowest BCUT2D eigenvalue weighted by Crippen LogP contribution is -2.49. The topological polar surface area (TPSA) is 169 Å². The summed E-state index contributed by atoms with van der Waals surface area (Å²) in [6.45, 7) is 2.01. The van der Waals surface area contributed by atoms with E-state index in [1.54, 1.807) is 24.3 Å². The molecular weight excluding hydrogens is 358 g/mol. The molecule has 1 unspecified atom stereocenters.